The number of amides is 1. The molecular weight excluding hydrogens is 304 g/mol. The van der Waals surface area contributed by atoms with Crippen molar-refractivity contribution in [1.29, 1.82) is 0 Å². The fraction of sp³-hybridized carbons (Fsp3) is 0.895. The molecule has 0 saturated heterocycles. The molecule has 0 fully saturated rings. The molecule has 0 aliphatic heterocycles. The third-order valence-electron chi connectivity index (χ3n) is 4.19. The fourth-order valence-electron chi connectivity index (χ4n) is 2.67. The smallest absolute Gasteiger partial charge is 0.397 e. The molecule has 1 amide bonds. The van der Waals surface area contributed by atoms with Gasteiger partial charge in [0.15, 0.2) is 0 Å². The number of ether oxygens (including phenoxy) is 1. The SMILES string of the molecule is CCCCCCCCN(CCCCCCCC)NC(=O)C(=O)OC. The third-order valence-corrected chi connectivity index (χ3v) is 4.19. The lowest BCUT2D eigenvalue weighted by Gasteiger charge is -2.22. The van der Waals surface area contributed by atoms with Gasteiger partial charge in [0.05, 0.1) is 7.11 Å². The molecule has 0 heterocycles. The van der Waals surface area contributed by atoms with Gasteiger partial charge in [-0.2, -0.15) is 0 Å². The van der Waals surface area contributed by atoms with Crippen LogP contribution in [0, 0.1) is 0 Å². The average molecular weight is 343 g/mol. The first-order chi connectivity index (χ1) is 11.7. The van der Waals surface area contributed by atoms with E-state index in [4.69, 9.17) is 0 Å². The van der Waals surface area contributed by atoms with Gasteiger partial charge in [0.25, 0.3) is 0 Å². The highest BCUT2D eigenvalue weighted by molar-refractivity contribution is 6.32. The number of unbranched alkanes of at least 4 members (excludes halogenated alkanes) is 10. The second kappa shape index (κ2) is 16.7. The van der Waals surface area contributed by atoms with Crippen LogP contribution in [0.3, 0.4) is 0 Å². The minimum atomic E-state index is -0.828. The van der Waals surface area contributed by atoms with Crippen molar-refractivity contribution in [3.8, 4) is 0 Å². The molecule has 0 aromatic carbocycles. The second-order valence-corrected chi connectivity index (χ2v) is 6.46. The highest BCUT2D eigenvalue weighted by atomic mass is 16.5. The van der Waals surface area contributed by atoms with Crippen LogP contribution in [0.15, 0.2) is 0 Å². The molecule has 142 valence electrons. The number of hydrogen-bond donors (Lipinski definition) is 1. The van der Waals surface area contributed by atoms with E-state index in [1.165, 1.54) is 71.3 Å². The van der Waals surface area contributed by atoms with Gasteiger partial charge in [0.2, 0.25) is 0 Å². The standard InChI is InChI=1S/C19H38N2O3/c1-4-6-8-10-12-14-16-21(20-18(22)19(23)24-3)17-15-13-11-9-7-5-2/h4-17H2,1-3H3,(H,20,22). The summed E-state index contributed by atoms with van der Waals surface area (Å²) in [6, 6.07) is 0. The molecule has 0 unspecified atom stereocenters. The quantitative estimate of drug-likeness (QED) is 0.210. The molecule has 5 heteroatoms. The lowest BCUT2D eigenvalue weighted by atomic mass is 10.1. The normalized spacial score (nSPS) is 10.8. The number of carbonyl (C=O) groups is 2. The van der Waals surface area contributed by atoms with Gasteiger partial charge in [-0.15, -0.1) is 0 Å². The number of methoxy groups -OCH3 is 1. The largest absolute Gasteiger partial charge is 0.462 e. The van der Waals surface area contributed by atoms with Gasteiger partial charge in [-0.25, -0.2) is 9.80 Å². The highest BCUT2D eigenvalue weighted by Crippen LogP contribution is 2.08. The summed E-state index contributed by atoms with van der Waals surface area (Å²) >= 11 is 0. The van der Waals surface area contributed by atoms with Crippen LogP contribution in [0.4, 0.5) is 0 Å². The Balaban J connectivity index is 4.04. The van der Waals surface area contributed by atoms with E-state index in [1.54, 1.807) is 0 Å². The van der Waals surface area contributed by atoms with Crippen molar-refractivity contribution in [2.75, 3.05) is 20.2 Å². The topological polar surface area (TPSA) is 58.6 Å². The van der Waals surface area contributed by atoms with Gasteiger partial charge >= 0.3 is 11.9 Å². The fourth-order valence-corrected chi connectivity index (χ4v) is 2.67. The third kappa shape index (κ3) is 13.3. The molecule has 0 aromatic rings. The van der Waals surface area contributed by atoms with E-state index in [9.17, 15) is 9.59 Å². The zero-order chi connectivity index (χ0) is 18.0. The van der Waals surface area contributed by atoms with Crippen LogP contribution in [0.25, 0.3) is 0 Å². The van der Waals surface area contributed by atoms with Crippen LogP contribution in [0.1, 0.15) is 90.9 Å². The summed E-state index contributed by atoms with van der Waals surface area (Å²) in [4.78, 5) is 23.0. The summed E-state index contributed by atoms with van der Waals surface area (Å²) in [5.41, 5.74) is 2.69. The summed E-state index contributed by atoms with van der Waals surface area (Å²) in [5.74, 6) is -1.50. The summed E-state index contributed by atoms with van der Waals surface area (Å²) in [5, 5.41) is 1.89. The number of carbonyl (C=O) groups excluding carboxylic acids is 2. The highest BCUT2D eigenvalue weighted by Gasteiger charge is 2.16. The summed E-state index contributed by atoms with van der Waals surface area (Å²) in [6.07, 6.45) is 14.5. The van der Waals surface area contributed by atoms with E-state index in [1.807, 2.05) is 5.01 Å². The van der Waals surface area contributed by atoms with Gasteiger partial charge in [0, 0.05) is 13.1 Å². The molecule has 0 aromatic heterocycles. The molecule has 24 heavy (non-hydrogen) atoms. The first kappa shape index (κ1) is 22.9. The van der Waals surface area contributed by atoms with Crippen molar-refractivity contribution in [3.63, 3.8) is 0 Å². The number of nitrogens with zero attached hydrogens (tertiary/aromatic N) is 1. The van der Waals surface area contributed by atoms with Crippen molar-refractivity contribution in [2.24, 2.45) is 0 Å². The molecule has 0 aliphatic carbocycles. The molecule has 1 N–H and O–H groups in total. The molecule has 0 bridgehead atoms. The number of esters is 1. The number of nitrogens with one attached hydrogen (secondary N) is 1. The van der Waals surface area contributed by atoms with Crippen molar-refractivity contribution < 1.29 is 14.3 Å². The second-order valence-electron chi connectivity index (χ2n) is 6.46. The molecule has 0 aliphatic rings. The van der Waals surface area contributed by atoms with Crippen LogP contribution in [-0.4, -0.2) is 37.1 Å². The molecule has 0 saturated carbocycles. The van der Waals surface area contributed by atoms with Crippen LogP contribution in [-0.2, 0) is 14.3 Å². The zero-order valence-electron chi connectivity index (χ0n) is 16.1. The van der Waals surface area contributed by atoms with Gasteiger partial charge in [-0.1, -0.05) is 78.1 Å². The Kier molecular flexibility index (Phi) is 16.0. The zero-order valence-corrected chi connectivity index (χ0v) is 16.1. The van der Waals surface area contributed by atoms with Crippen LogP contribution in [0.5, 0.6) is 0 Å². The van der Waals surface area contributed by atoms with Crippen LogP contribution in [0.2, 0.25) is 0 Å². The molecule has 5 nitrogen and oxygen atoms in total. The summed E-state index contributed by atoms with van der Waals surface area (Å²) in [7, 11) is 1.23. The number of hydrogen-bond acceptors (Lipinski definition) is 4. The first-order valence-electron chi connectivity index (χ1n) is 9.79. The summed E-state index contributed by atoms with van der Waals surface area (Å²) < 4.78 is 4.48. The molecule has 0 radical (unpaired) electrons. The Morgan fingerprint density at radius 3 is 1.58 bits per heavy atom. The maximum Gasteiger partial charge on any atom is 0.397 e. The van der Waals surface area contributed by atoms with Crippen molar-refractivity contribution in [1.82, 2.24) is 10.4 Å². The van der Waals surface area contributed by atoms with E-state index in [2.05, 4.69) is 24.0 Å². The van der Waals surface area contributed by atoms with E-state index in [0.29, 0.717) is 0 Å². The molecule has 0 atom stereocenters. The Morgan fingerprint density at radius 1 is 0.750 bits per heavy atom. The van der Waals surface area contributed by atoms with Gasteiger partial charge in [0.1, 0.15) is 0 Å². The van der Waals surface area contributed by atoms with E-state index in [-0.39, 0.29) is 0 Å². The Bertz CT molecular complexity index is 306. The van der Waals surface area contributed by atoms with E-state index < -0.39 is 11.9 Å². The van der Waals surface area contributed by atoms with Gasteiger partial charge in [-0.3, -0.25) is 10.2 Å². The number of hydrazine groups is 1. The van der Waals surface area contributed by atoms with E-state index >= 15 is 0 Å². The Morgan fingerprint density at radius 2 is 1.17 bits per heavy atom. The molecule has 0 rings (SSSR count). The number of rotatable bonds is 15. The maximum absolute atomic E-state index is 11.7. The van der Waals surface area contributed by atoms with Gasteiger partial charge in [-0.05, 0) is 12.8 Å². The van der Waals surface area contributed by atoms with Crippen molar-refractivity contribution in [3.05, 3.63) is 0 Å². The lowest BCUT2D eigenvalue weighted by molar-refractivity contribution is -0.155. The van der Waals surface area contributed by atoms with Crippen molar-refractivity contribution >= 4 is 11.9 Å². The average Bonchev–Trinajstić information content (AvgIpc) is 2.59. The minimum Gasteiger partial charge on any atom is -0.462 e. The molecular formula is C19H38N2O3. The summed E-state index contributed by atoms with van der Waals surface area (Å²) in [6.45, 7) is 6.02. The predicted octanol–water partition coefficient (Wildman–Crippen LogP) is 4.21. The van der Waals surface area contributed by atoms with Gasteiger partial charge < -0.3 is 4.74 Å². The van der Waals surface area contributed by atoms with Crippen LogP contribution >= 0.6 is 0 Å². The Labute approximate surface area is 148 Å². The first-order valence-corrected chi connectivity index (χ1v) is 9.79. The van der Waals surface area contributed by atoms with Crippen molar-refractivity contribution in [2.45, 2.75) is 90.9 Å². The Hall–Kier alpha value is -1.10. The van der Waals surface area contributed by atoms with E-state index in [0.717, 1.165) is 25.9 Å². The molecule has 0 spiro atoms. The monoisotopic (exact) mass is 342 g/mol. The lowest BCUT2D eigenvalue weighted by Crippen LogP contribution is -2.46. The van der Waals surface area contributed by atoms with Crippen LogP contribution < -0.4 is 5.43 Å². The minimum absolute atomic E-state index is 0.672. The predicted molar refractivity (Wildman–Crippen MR) is 98.5 cm³/mol. The maximum atomic E-state index is 11.7.